The Hall–Kier alpha value is -3.06. The summed E-state index contributed by atoms with van der Waals surface area (Å²) in [5, 5.41) is 10.7. The summed E-state index contributed by atoms with van der Waals surface area (Å²) in [7, 11) is 0. The fourth-order valence-electron chi connectivity index (χ4n) is 2.45. The van der Waals surface area contributed by atoms with Crippen LogP contribution >= 0.6 is 12.6 Å². The van der Waals surface area contributed by atoms with Crippen molar-refractivity contribution in [2.75, 3.05) is 5.32 Å². The number of aliphatic carboxylic acids is 1. The van der Waals surface area contributed by atoms with E-state index in [-0.39, 0.29) is 11.8 Å². The molecule has 132 valence electrons. The van der Waals surface area contributed by atoms with E-state index in [2.05, 4.69) is 22.9 Å². The molecule has 2 aromatic carbocycles. The minimum atomic E-state index is -1.16. The number of rotatable bonds is 5. The number of carbonyl (C=O) groups excluding carboxylic acids is 1. The Morgan fingerprint density at radius 2 is 1.73 bits per heavy atom. The topological polar surface area (TPSA) is 92.4 Å². The van der Waals surface area contributed by atoms with Gasteiger partial charge in [0.05, 0.1) is 0 Å². The molecule has 1 aromatic heterocycles. The molecule has 0 fully saturated rings. The van der Waals surface area contributed by atoms with E-state index in [1.54, 1.807) is 24.3 Å². The molecule has 3 rings (SSSR count). The lowest BCUT2D eigenvalue weighted by Crippen LogP contribution is -2.05. The number of nitrogens with zero attached hydrogens (tertiary/aromatic N) is 1. The second-order valence-electron chi connectivity index (χ2n) is 5.60. The SMILES string of the molecule is CC(=O)Nc1ccc(-c2oc(C(S)C(=O)O)nc2-c2ccccc2)cc1. The molecule has 0 spiro atoms. The second-order valence-corrected chi connectivity index (χ2v) is 6.11. The van der Waals surface area contributed by atoms with Crippen molar-refractivity contribution in [2.24, 2.45) is 0 Å². The number of carboxylic acids is 1. The molecule has 1 amide bonds. The molecule has 0 aliphatic rings. The predicted molar refractivity (Wildman–Crippen MR) is 101 cm³/mol. The van der Waals surface area contributed by atoms with Crippen LogP contribution in [0, 0.1) is 0 Å². The maximum atomic E-state index is 11.2. The van der Waals surface area contributed by atoms with Crippen LogP contribution in [0.25, 0.3) is 22.6 Å². The number of carboxylic acid groups (broad SMARTS) is 1. The van der Waals surface area contributed by atoms with Crippen LogP contribution in [0.15, 0.2) is 59.0 Å². The van der Waals surface area contributed by atoms with Gasteiger partial charge in [0.15, 0.2) is 11.0 Å². The summed E-state index contributed by atoms with van der Waals surface area (Å²) in [4.78, 5) is 26.7. The Balaban J connectivity index is 2.07. The highest BCUT2D eigenvalue weighted by atomic mass is 32.1. The van der Waals surface area contributed by atoms with Crippen LogP contribution in [0.3, 0.4) is 0 Å². The highest BCUT2D eigenvalue weighted by molar-refractivity contribution is 7.81. The number of anilines is 1. The first-order chi connectivity index (χ1) is 12.5. The highest BCUT2D eigenvalue weighted by Gasteiger charge is 2.25. The van der Waals surface area contributed by atoms with E-state index in [1.165, 1.54) is 6.92 Å². The lowest BCUT2D eigenvalue weighted by atomic mass is 10.1. The molecule has 1 heterocycles. The third kappa shape index (κ3) is 3.78. The zero-order valence-electron chi connectivity index (χ0n) is 13.8. The van der Waals surface area contributed by atoms with Gasteiger partial charge in [-0.15, -0.1) is 0 Å². The number of benzene rings is 2. The van der Waals surface area contributed by atoms with Gasteiger partial charge in [-0.05, 0) is 24.3 Å². The van der Waals surface area contributed by atoms with Gasteiger partial charge < -0.3 is 14.8 Å². The number of nitrogens with one attached hydrogen (secondary N) is 1. The van der Waals surface area contributed by atoms with Gasteiger partial charge >= 0.3 is 5.97 Å². The Morgan fingerprint density at radius 3 is 2.31 bits per heavy atom. The summed E-state index contributed by atoms with van der Waals surface area (Å²) in [6, 6.07) is 16.4. The molecule has 1 atom stereocenters. The lowest BCUT2D eigenvalue weighted by molar-refractivity contribution is -0.136. The first kappa shape index (κ1) is 17.8. The first-order valence-corrected chi connectivity index (χ1v) is 8.32. The molecule has 6 nitrogen and oxygen atoms in total. The maximum Gasteiger partial charge on any atom is 0.325 e. The smallest absolute Gasteiger partial charge is 0.325 e. The van der Waals surface area contributed by atoms with E-state index in [0.29, 0.717) is 22.7 Å². The Morgan fingerprint density at radius 1 is 1.08 bits per heavy atom. The Bertz CT molecular complexity index is 936. The number of hydrogen-bond donors (Lipinski definition) is 3. The summed E-state index contributed by atoms with van der Waals surface area (Å²) in [6.45, 7) is 1.43. The van der Waals surface area contributed by atoms with Crippen molar-refractivity contribution in [3.63, 3.8) is 0 Å². The molecule has 0 bridgehead atoms. The lowest BCUT2D eigenvalue weighted by Gasteiger charge is -2.04. The molecule has 0 saturated heterocycles. The molecular weight excluding hydrogens is 352 g/mol. The van der Waals surface area contributed by atoms with Crippen LogP contribution in [0.2, 0.25) is 0 Å². The van der Waals surface area contributed by atoms with Gasteiger partial charge in [0.2, 0.25) is 11.8 Å². The summed E-state index contributed by atoms with van der Waals surface area (Å²) < 4.78 is 5.74. The zero-order valence-corrected chi connectivity index (χ0v) is 14.7. The quantitative estimate of drug-likeness (QED) is 0.592. The van der Waals surface area contributed by atoms with Crippen LogP contribution in [0.4, 0.5) is 5.69 Å². The van der Waals surface area contributed by atoms with Crippen molar-refractivity contribution in [1.29, 1.82) is 0 Å². The number of thiol groups is 1. The predicted octanol–water partition coefficient (Wildman–Crippen LogP) is 4.02. The fraction of sp³-hybridized carbons (Fsp3) is 0.105. The molecule has 2 N–H and O–H groups in total. The minimum Gasteiger partial charge on any atom is -0.480 e. The third-order valence-corrected chi connectivity index (χ3v) is 4.07. The van der Waals surface area contributed by atoms with Crippen molar-refractivity contribution >= 4 is 30.2 Å². The molecule has 0 aliphatic heterocycles. The average molecular weight is 368 g/mol. The Kier molecular flexibility index (Phi) is 5.09. The van der Waals surface area contributed by atoms with Crippen molar-refractivity contribution in [3.05, 3.63) is 60.5 Å². The van der Waals surface area contributed by atoms with E-state index >= 15 is 0 Å². The molecule has 7 heteroatoms. The first-order valence-electron chi connectivity index (χ1n) is 7.80. The van der Waals surface area contributed by atoms with Gasteiger partial charge in [-0.3, -0.25) is 9.59 Å². The average Bonchev–Trinajstić information content (AvgIpc) is 3.07. The van der Waals surface area contributed by atoms with Crippen molar-refractivity contribution in [3.8, 4) is 22.6 Å². The van der Waals surface area contributed by atoms with Crippen LogP contribution < -0.4 is 5.32 Å². The number of amides is 1. The molecule has 0 radical (unpaired) electrons. The maximum absolute atomic E-state index is 11.2. The van der Waals surface area contributed by atoms with Crippen LogP contribution in [-0.2, 0) is 9.59 Å². The zero-order chi connectivity index (χ0) is 18.7. The molecule has 0 aliphatic carbocycles. The largest absolute Gasteiger partial charge is 0.480 e. The van der Waals surface area contributed by atoms with Crippen molar-refractivity contribution in [2.45, 2.75) is 12.2 Å². The van der Waals surface area contributed by atoms with Crippen molar-refractivity contribution in [1.82, 2.24) is 4.98 Å². The van der Waals surface area contributed by atoms with Gasteiger partial charge in [-0.25, -0.2) is 4.98 Å². The minimum absolute atomic E-state index is 0.0145. The number of oxazole rings is 1. The van der Waals surface area contributed by atoms with E-state index in [9.17, 15) is 14.7 Å². The van der Waals surface area contributed by atoms with E-state index in [0.717, 1.165) is 5.56 Å². The fourth-order valence-corrected chi connectivity index (χ4v) is 2.57. The van der Waals surface area contributed by atoms with Gasteiger partial charge in [-0.1, -0.05) is 30.3 Å². The standard InChI is InChI=1S/C19H16N2O4S/c1-11(22)20-14-9-7-13(8-10-14)16-15(12-5-3-2-4-6-12)21-18(25-16)17(26)19(23)24/h2-10,17,26H,1H3,(H,20,22)(H,23,24). The van der Waals surface area contributed by atoms with E-state index in [1.807, 2.05) is 30.3 Å². The van der Waals surface area contributed by atoms with Crippen LogP contribution in [-0.4, -0.2) is 22.0 Å². The Labute approximate surface area is 155 Å². The van der Waals surface area contributed by atoms with Crippen LogP contribution in [0.5, 0.6) is 0 Å². The summed E-state index contributed by atoms with van der Waals surface area (Å²) in [5.74, 6) is -0.840. The number of hydrogen-bond acceptors (Lipinski definition) is 5. The molecule has 3 aromatic rings. The van der Waals surface area contributed by atoms with Gasteiger partial charge in [0.25, 0.3) is 0 Å². The van der Waals surface area contributed by atoms with E-state index in [4.69, 9.17) is 4.42 Å². The monoisotopic (exact) mass is 368 g/mol. The second kappa shape index (κ2) is 7.45. The van der Waals surface area contributed by atoms with Gasteiger partial charge in [-0.2, -0.15) is 12.6 Å². The summed E-state index contributed by atoms with van der Waals surface area (Å²) in [5.41, 5.74) is 2.70. The van der Waals surface area contributed by atoms with E-state index < -0.39 is 11.2 Å². The normalized spacial score (nSPS) is 11.8. The summed E-state index contributed by atoms with van der Waals surface area (Å²) >= 11 is 4.05. The highest BCUT2D eigenvalue weighted by Crippen LogP contribution is 2.36. The molecule has 26 heavy (non-hydrogen) atoms. The number of aromatic nitrogens is 1. The molecule has 0 saturated carbocycles. The van der Waals surface area contributed by atoms with Crippen LogP contribution in [0.1, 0.15) is 18.1 Å². The molecular formula is C19H16N2O4S. The number of carbonyl (C=O) groups is 2. The van der Waals surface area contributed by atoms with Gasteiger partial charge in [0, 0.05) is 23.7 Å². The van der Waals surface area contributed by atoms with Crippen molar-refractivity contribution < 1.29 is 19.1 Å². The molecule has 1 unspecified atom stereocenters. The van der Waals surface area contributed by atoms with Gasteiger partial charge in [0.1, 0.15) is 5.69 Å². The summed E-state index contributed by atoms with van der Waals surface area (Å²) in [6.07, 6.45) is 0. The third-order valence-electron chi connectivity index (χ3n) is 3.63.